The van der Waals surface area contributed by atoms with Crippen molar-refractivity contribution in [2.75, 3.05) is 6.54 Å². The van der Waals surface area contributed by atoms with Crippen LogP contribution in [-0.2, 0) is 18.6 Å². The molecule has 1 aliphatic carbocycles. The molecule has 134 valence electrons. The minimum atomic E-state index is 0.0807. The molecule has 1 N–H and O–H groups in total. The standard InChI is InChI=1S/C24H27NO/c1-17-12-18(7-9-21(17)15-26)4-5-19-6-8-20-14-25(22-10-11-22)16-24(2,3)23(20)13-19/h6-9,12-13,22,26H,10-11,14-16H2,1-3H3. The number of fused-ring (bicyclic) bond motifs is 1. The number of hydrogen-bond acceptors (Lipinski definition) is 2. The highest BCUT2D eigenvalue weighted by molar-refractivity contribution is 5.49. The van der Waals surface area contributed by atoms with Gasteiger partial charge in [0.2, 0.25) is 0 Å². The van der Waals surface area contributed by atoms with Crippen LogP contribution in [0.2, 0.25) is 0 Å². The Hall–Kier alpha value is -2.08. The van der Waals surface area contributed by atoms with Crippen molar-refractivity contribution in [3.8, 4) is 11.8 Å². The van der Waals surface area contributed by atoms with Crippen molar-refractivity contribution in [2.24, 2.45) is 0 Å². The third kappa shape index (κ3) is 3.43. The molecule has 2 aromatic rings. The normalized spacial score (nSPS) is 18.8. The number of aryl methyl sites for hydroxylation is 1. The maximum Gasteiger partial charge on any atom is 0.0684 e. The lowest BCUT2D eigenvalue weighted by atomic mass is 9.77. The van der Waals surface area contributed by atoms with Gasteiger partial charge in [0.1, 0.15) is 0 Å². The van der Waals surface area contributed by atoms with Crippen LogP contribution in [-0.4, -0.2) is 22.6 Å². The molecule has 2 aliphatic rings. The van der Waals surface area contributed by atoms with Crippen molar-refractivity contribution in [1.82, 2.24) is 4.90 Å². The Labute approximate surface area is 156 Å². The minimum absolute atomic E-state index is 0.0807. The molecule has 26 heavy (non-hydrogen) atoms. The van der Waals surface area contributed by atoms with E-state index < -0.39 is 0 Å². The first-order valence-corrected chi connectivity index (χ1v) is 9.56. The molecule has 0 atom stereocenters. The van der Waals surface area contributed by atoms with E-state index in [9.17, 15) is 5.11 Å². The summed E-state index contributed by atoms with van der Waals surface area (Å²) in [7, 11) is 0. The molecule has 1 heterocycles. The highest BCUT2D eigenvalue weighted by Gasteiger charge is 2.38. The van der Waals surface area contributed by atoms with Crippen molar-refractivity contribution in [1.29, 1.82) is 0 Å². The Bertz CT molecular complexity index is 896. The molecule has 2 nitrogen and oxygen atoms in total. The van der Waals surface area contributed by atoms with E-state index in [1.807, 2.05) is 19.1 Å². The highest BCUT2D eigenvalue weighted by Crippen LogP contribution is 2.39. The number of hydrogen-bond donors (Lipinski definition) is 1. The zero-order valence-electron chi connectivity index (χ0n) is 16.0. The molecule has 4 rings (SSSR count). The van der Waals surface area contributed by atoms with E-state index in [0.29, 0.717) is 0 Å². The Balaban J connectivity index is 1.61. The second kappa shape index (κ2) is 6.58. The number of nitrogens with zero attached hydrogens (tertiary/aromatic N) is 1. The van der Waals surface area contributed by atoms with Gasteiger partial charge in [0.05, 0.1) is 6.61 Å². The predicted octanol–water partition coefficient (Wildman–Crippen LogP) is 4.14. The number of benzene rings is 2. The predicted molar refractivity (Wildman–Crippen MR) is 106 cm³/mol. The molecule has 0 bridgehead atoms. The van der Waals surface area contributed by atoms with Gasteiger partial charge in [-0.3, -0.25) is 4.90 Å². The summed E-state index contributed by atoms with van der Waals surface area (Å²) in [5, 5.41) is 9.30. The van der Waals surface area contributed by atoms with Crippen LogP contribution in [0, 0.1) is 18.8 Å². The van der Waals surface area contributed by atoms with Gasteiger partial charge in [0.15, 0.2) is 0 Å². The van der Waals surface area contributed by atoms with E-state index in [1.54, 1.807) is 0 Å². The van der Waals surface area contributed by atoms with Gasteiger partial charge in [0.25, 0.3) is 0 Å². The van der Waals surface area contributed by atoms with Crippen molar-refractivity contribution in [2.45, 2.75) is 58.2 Å². The quantitative estimate of drug-likeness (QED) is 0.827. The highest BCUT2D eigenvalue weighted by atomic mass is 16.3. The Morgan fingerprint density at radius 3 is 2.42 bits per heavy atom. The zero-order chi connectivity index (χ0) is 18.3. The van der Waals surface area contributed by atoms with Gasteiger partial charge in [-0.05, 0) is 66.3 Å². The Morgan fingerprint density at radius 2 is 1.77 bits per heavy atom. The fourth-order valence-corrected chi connectivity index (χ4v) is 4.08. The van der Waals surface area contributed by atoms with Gasteiger partial charge in [-0.15, -0.1) is 0 Å². The molecular formula is C24H27NO. The molecule has 1 aliphatic heterocycles. The fraction of sp³-hybridized carbons (Fsp3) is 0.417. The van der Waals surface area contributed by atoms with Crippen LogP contribution in [0.25, 0.3) is 0 Å². The van der Waals surface area contributed by atoms with E-state index >= 15 is 0 Å². The molecular weight excluding hydrogens is 318 g/mol. The zero-order valence-corrected chi connectivity index (χ0v) is 16.0. The summed E-state index contributed by atoms with van der Waals surface area (Å²) in [5.41, 5.74) is 7.22. The average molecular weight is 345 g/mol. The molecule has 0 aromatic heterocycles. The average Bonchev–Trinajstić information content (AvgIpc) is 3.45. The molecule has 1 fully saturated rings. The monoisotopic (exact) mass is 345 g/mol. The largest absolute Gasteiger partial charge is 0.392 e. The van der Waals surface area contributed by atoms with Gasteiger partial charge in [0, 0.05) is 35.7 Å². The third-order valence-corrected chi connectivity index (χ3v) is 5.74. The summed E-state index contributed by atoms with van der Waals surface area (Å²) in [6.07, 6.45) is 2.73. The number of rotatable bonds is 2. The van der Waals surface area contributed by atoms with Gasteiger partial charge in [-0.1, -0.05) is 37.8 Å². The first kappa shape index (κ1) is 17.3. The third-order valence-electron chi connectivity index (χ3n) is 5.74. The lowest BCUT2D eigenvalue weighted by molar-refractivity contribution is 0.185. The molecule has 0 saturated heterocycles. The maximum atomic E-state index is 9.30. The second-order valence-electron chi connectivity index (χ2n) is 8.44. The van der Waals surface area contributed by atoms with Crippen LogP contribution in [0.3, 0.4) is 0 Å². The fourth-order valence-electron chi connectivity index (χ4n) is 4.08. The molecule has 2 aromatic carbocycles. The molecule has 0 amide bonds. The van der Waals surface area contributed by atoms with Gasteiger partial charge >= 0.3 is 0 Å². The van der Waals surface area contributed by atoms with Crippen molar-refractivity contribution >= 4 is 0 Å². The van der Waals surface area contributed by atoms with E-state index in [4.69, 9.17) is 0 Å². The first-order chi connectivity index (χ1) is 12.5. The summed E-state index contributed by atoms with van der Waals surface area (Å²) >= 11 is 0. The van der Waals surface area contributed by atoms with Crippen LogP contribution in [0.4, 0.5) is 0 Å². The summed E-state index contributed by atoms with van der Waals surface area (Å²) < 4.78 is 0. The van der Waals surface area contributed by atoms with Crippen molar-refractivity contribution in [3.05, 3.63) is 69.8 Å². The van der Waals surface area contributed by atoms with Crippen molar-refractivity contribution in [3.63, 3.8) is 0 Å². The topological polar surface area (TPSA) is 23.5 Å². The lowest BCUT2D eigenvalue weighted by Crippen LogP contribution is -2.43. The number of aliphatic hydroxyl groups is 1. The molecule has 0 radical (unpaired) electrons. The van der Waals surface area contributed by atoms with Gasteiger partial charge in [-0.25, -0.2) is 0 Å². The lowest BCUT2D eigenvalue weighted by Gasteiger charge is -2.40. The van der Waals surface area contributed by atoms with Gasteiger partial charge in [-0.2, -0.15) is 0 Å². The SMILES string of the molecule is Cc1cc(C#Cc2ccc3c(c2)C(C)(C)CN(C2CC2)C3)ccc1CO. The first-order valence-electron chi connectivity index (χ1n) is 9.56. The van der Waals surface area contributed by atoms with Crippen LogP contribution in [0.15, 0.2) is 36.4 Å². The molecule has 1 saturated carbocycles. The smallest absolute Gasteiger partial charge is 0.0684 e. The summed E-state index contributed by atoms with van der Waals surface area (Å²) in [6.45, 7) is 9.03. The second-order valence-corrected chi connectivity index (χ2v) is 8.44. The van der Waals surface area contributed by atoms with E-state index in [0.717, 1.165) is 41.4 Å². The van der Waals surface area contributed by atoms with E-state index in [2.05, 4.69) is 54.9 Å². The Kier molecular flexibility index (Phi) is 4.39. The molecule has 0 unspecified atom stereocenters. The maximum absolute atomic E-state index is 9.30. The van der Waals surface area contributed by atoms with Crippen LogP contribution in [0.1, 0.15) is 60.1 Å². The molecule has 2 heteroatoms. The van der Waals surface area contributed by atoms with Crippen molar-refractivity contribution < 1.29 is 5.11 Å². The van der Waals surface area contributed by atoms with Crippen LogP contribution >= 0.6 is 0 Å². The summed E-state index contributed by atoms with van der Waals surface area (Å²) in [6, 6.07) is 13.5. The summed E-state index contributed by atoms with van der Waals surface area (Å²) in [4.78, 5) is 2.65. The van der Waals surface area contributed by atoms with E-state index in [-0.39, 0.29) is 12.0 Å². The minimum Gasteiger partial charge on any atom is -0.392 e. The van der Waals surface area contributed by atoms with Crippen LogP contribution in [0.5, 0.6) is 0 Å². The molecule has 0 spiro atoms. The van der Waals surface area contributed by atoms with Gasteiger partial charge < -0.3 is 5.11 Å². The van der Waals surface area contributed by atoms with Crippen LogP contribution < -0.4 is 0 Å². The number of aliphatic hydroxyl groups excluding tert-OH is 1. The van der Waals surface area contributed by atoms with E-state index in [1.165, 1.54) is 24.0 Å². The summed E-state index contributed by atoms with van der Waals surface area (Å²) in [5.74, 6) is 6.62. The Morgan fingerprint density at radius 1 is 1.08 bits per heavy atom.